The summed E-state index contributed by atoms with van der Waals surface area (Å²) < 4.78 is 16.4. The molecular weight excluding hydrogens is 384 g/mol. The minimum atomic E-state index is -0.0461. The van der Waals surface area contributed by atoms with Gasteiger partial charge in [-0.15, -0.1) is 0 Å². The van der Waals surface area contributed by atoms with Crippen molar-refractivity contribution in [2.75, 3.05) is 20.2 Å². The number of rotatable bonds is 6. The van der Waals surface area contributed by atoms with E-state index in [0.717, 1.165) is 36.5 Å². The summed E-state index contributed by atoms with van der Waals surface area (Å²) in [7, 11) is 1.55. The van der Waals surface area contributed by atoms with E-state index in [1.807, 2.05) is 24.3 Å². The highest BCUT2D eigenvalue weighted by molar-refractivity contribution is 5.94. The highest BCUT2D eigenvalue weighted by Gasteiger charge is 2.30. The Kier molecular flexibility index (Phi) is 4.82. The number of ether oxygens (including phenoxy) is 2. The molecule has 3 heterocycles. The molecule has 0 bridgehead atoms. The van der Waals surface area contributed by atoms with Crippen molar-refractivity contribution < 1.29 is 18.8 Å². The fraction of sp³-hybridized carbons (Fsp3) is 0.364. The molecule has 2 fully saturated rings. The fourth-order valence-corrected chi connectivity index (χ4v) is 3.54. The van der Waals surface area contributed by atoms with Crippen LogP contribution in [0, 0.1) is 0 Å². The molecule has 3 aromatic rings. The van der Waals surface area contributed by atoms with Crippen molar-refractivity contribution in [2.45, 2.75) is 31.3 Å². The first kappa shape index (κ1) is 18.6. The summed E-state index contributed by atoms with van der Waals surface area (Å²) in [4.78, 5) is 23.0. The molecule has 1 aromatic carbocycles. The number of methoxy groups -OCH3 is 1. The van der Waals surface area contributed by atoms with Crippen LogP contribution in [0.5, 0.6) is 11.6 Å². The second kappa shape index (κ2) is 7.78. The standard InChI is InChI=1S/C22H22N4O4/c1-28-19-9-6-16(12-23-19)22(27)26-11-10-18(13-26)29-17-7-4-14(5-8-17)20-24-21(30-25-20)15-2-3-15/h4-9,12,15,18H,2-3,10-11,13H2,1H3. The van der Waals surface area contributed by atoms with Crippen LogP contribution in [0.25, 0.3) is 11.4 Å². The van der Waals surface area contributed by atoms with Gasteiger partial charge in [0.25, 0.3) is 5.91 Å². The lowest BCUT2D eigenvalue weighted by atomic mass is 10.2. The summed E-state index contributed by atoms with van der Waals surface area (Å²) in [5.41, 5.74) is 1.44. The van der Waals surface area contributed by atoms with Crippen molar-refractivity contribution in [1.82, 2.24) is 20.0 Å². The average molecular weight is 406 g/mol. The van der Waals surface area contributed by atoms with Gasteiger partial charge in [0.15, 0.2) is 0 Å². The normalized spacial score (nSPS) is 18.4. The smallest absolute Gasteiger partial charge is 0.255 e. The lowest BCUT2D eigenvalue weighted by Gasteiger charge is -2.17. The van der Waals surface area contributed by atoms with Crippen LogP contribution in [0.15, 0.2) is 47.1 Å². The second-order valence-corrected chi connectivity index (χ2v) is 7.62. The van der Waals surface area contributed by atoms with E-state index in [1.54, 1.807) is 30.3 Å². The lowest BCUT2D eigenvalue weighted by molar-refractivity contribution is 0.0772. The Balaban J connectivity index is 1.18. The third-order valence-electron chi connectivity index (χ3n) is 5.41. The maximum absolute atomic E-state index is 12.7. The number of pyridine rings is 1. The average Bonchev–Trinajstić information content (AvgIpc) is 3.33. The van der Waals surface area contributed by atoms with Gasteiger partial charge in [-0.1, -0.05) is 5.16 Å². The molecule has 2 aliphatic rings. The van der Waals surface area contributed by atoms with Crippen LogP contribution in [0.2, 0.25) is 0 Å². The first-order valence-corrected chi connectivity index (χ1v) is 10.1. The molecule has 30 heavy (non-hydrogen) atoms. The Labute approximate surface area is 173 Å². The zero-order chi connectivity index (χ0) is 20.5. The second-order valence-electron chi connectivity index (χ2n) is 7.62. The summed E-state index contributed by atoms with van der Waals surface area (Å²) >= 11 is 0. The quantitative estimate of drug-likeness (QED) is 0.620. The minimum Gasteiger partial charge on any atom is -0.489 e. The summed E-state index contributed by atoms with van der Waals surface area (Å²) in [5.74, 6) is 2.98. The van der Waals surface area contributed by atoms with Crippen molar-refractivity contribution in [2.24, 2.45) is 0 Å². The van der Waals surface area contributed by atoms with Crippen LogP contribution in [0.3, 0.4) is 0 Å². The molecule has 0 spiro atoms. The maximum Gasteiger partial charge on any atom is 0.255 e. The van der Waals surface area contributed by atoms with E-state index in [1.165, 1.54) is 0 Å². The first-order chi connectivity index (χ1) is 14.7. The highest BCUT2D eigenvalue weighted by atomic mass is 16.5. The largest absolute Gasteiger partial charge is 0.489 e. The van der Waals surface area contributed by atoms with E-state index < -0.39 is 0 Å². The molecule has 5 rings (SSSR count). The zero-order valence-corrected chi connectivity index (χ0v) is 16.7. The van der Waals surface area contributed by atoms with Crippen LogP contribution in [-0.4, -0.2) is 52.2 Å². The Morgan fingerprint density at radius 2 is 1.97 bits per heavy atom. The van der Waals surface area contributed by atoms with Gasteiger partial charge in [-0.2, -0.15) is 4.98 Å². The molecule has 8 heteroatoms. The third kappa shape index (κ3) is 3.85. The molecule has 0 radical (unpaired) electrons. The van der Waals surface area contributed by atoms with E-state index >= 15 is 0 Å². The fourth-order valence-electron chi connectivity index (χ4n) is 3.54. The number of benzene rings is 1. The molecule has 1 saturated carbocycles. The van der Waals surface area contributed by atoms with Gasteiger partial charge in [0.05, 0.1) is 19.2 Å². The minimum absolute atomic E-state index is 0.0438. The molecule has 154 valence electrons. The van der Waals surface area contributed by atoms with Gasteiger partial charge in [-0.25, -0.2) is 4.98 Å². The first-order valence-electron chi connectivity index (χ1n) is 10.1. The Bertz CT molecular complexity index is 1030. The summed E-state index contributed by atoms with van der Waals surface area (Å²) in [6, 6.07) is 11.1. The monoisotopic (exact) mass is 406 g/mol. The van der Waals surface area contributed by atoms with E-state index in [0.29, 0.717) is 36.3 Å². The molecule has 1 aliphatic carbocycles. The molecule has 8 nitrogen and oxygen atoms in total. The van der Waals surface area contributed by atoms with E-state index in [2.05, 4.69) is 15.1 Å². The van der Waals surface area contributed by atoms with Crippen LogP contribution in [0.4, 0.5) is 0 Å². The van der Waals surface area contributed by atoms with Crippen molar-refractivity contribution >= 4 is 5.91 Å². The van der Waals surface area contributed by atoms with Crippen molar-refractivity contribution in [1.29, 1.82) is 0 Å². The van der Waals surface area contributed by atoms with Gasteiger partial charge in [-0.3, -0.25) is 4.79 Å². The van der Waals surface area contributed by atoms with Crippen LogP contribution >= 0.6 is 0 Å². The van der Waals surface area contributed by atoms with Crippen molar-refractivity contribution in [3.63, 3.8) is 0 Å². The van der Waals surface area contributed by atoms with Crippen LogP contribution in [-0.2, 0) is 0 Å². The van der Waals surface area contributed by atoms with E-state index in [9.17, 15) is 4.79 Å². The molecule has 0 N–H and O–H groups in total. The number of likely N-dealkylation sites (tertiary alicyclic amines) is 1. The zero-order valence-electron chi connectivity index (χ0n) is 16.7. The van der Waals surface area contributed by atoms with Crippen LogP contribution in [0.1, 0.15) is 41.4 Å². The molecule has 1 saturated heterocycles. The number of carbonyl (C=O) groups excluding carboxylic acids is 1. The van der Waals surface area contributed by atoms with E-state index in [4.69, 9.17) is 14.0 Å². The SMILES string of the molecule is COc1ccc(C(=O)N2CCC(Oc3ccc(-c4noc(C5CC5)n4)cc3)C2)cn1. The molecular formula is C22H22N4O4. The van der Waals surface area contributed by atoms with Gasteiger partial charge >= 0.3 is 0 Å². The van der Waals surface area contributed by atoms with Crippen molar-refractivity contribution in [3.05, 3.63) is 54.0 Å². The summed E-state index contributed by atoms with van der Waals surface area (Å²) in [6.07, 6.45) is 4.54. The highest BCUT2D eigenvalue weighted by Crippen LogP contribution is 2.39. The molecule has 1 amide bonds. The predicted molar refractivity (Wildman–Crippen MR) is 107 cm³/mol. The Hall–Kier alpha value is -3.42. The molecule has 1 aliphatic heterocycles. The Morgan fingerprint density at radius 3 is 2.67 bits per heavy atom. The van der Waals surface area contributed by atoms with E-state index in [-0.39, 0.29) is 12.0 Å². The van der Waals surface area contributed by atoms with Crippen LogP contribution < -0.4 is 9.47 Å². The topological polar surface area (TPSA) is 90.6 Å². The van der Waals surface area contributed by atoms with Gasteiger partial charge in [0, 0.05) is 36.7 Å². The number of hydrogen-bond acceptors (Lipinski definition) is 7. The van der Waals surface area contributed by atoms with Crippen molar-refractivity contribution in [3.8, 4) is 23.0 Å². The lowest BCUT2D eigenvalue weighted by Crippen LogP contribution is -2.31. The molecule has 1 unspecified atom stereocenters. The van der Waals surface area contributed by atoms with Gasteiger partial charge in [-0.05, 0) is 43.2 Å². The molecule has 2 aromatic heterocycles. The molecule has 1 atom stereocenters. The maximum atomic E-state index is 12.7. The van der Waals surface area contributed by atoms with Gasteiger partial charge in [0.2, 0.25) is 17.6 Å². The van der Waals surface area contributed by atoms with Gasteiger partial charge in [0.1, 0.15) is 11.9 Å². The third-order valence-corrected chi connectivity index (χ3v) is 5.41. The number of aromatic nitrogens is 3. The number of nitrogens with zero attached hydrogens (tertiary/aromatic N) is 4. The number of carbonyl (C=O) groups is 1. The summed E-state index contributed by atoms with van der Waals surface area (Å²) in [5, 5.41) is 4.07. The number of amides is 1. The number of hydrogen-bond donors (Lipinski definition) is 0. The summed E-state index contributed by atoms with van der Waals surface area (Å²) in [6.45, 7) is 1.20. The predicted octanol–water partition coefficient (Wildman–Crippen LogP) is 3.31. The van der Waals surface area contributed by atoms with Gasteiger partial charge < -0.3 is 18.9 Å². The Morgan fingerprint density at radius 1 is 1.13 bits per heavy atom.